The Morgan fingerprint density at radius 2 is 1.88 bits per heavy atom. The van der Waals surface area contributed by atoms with Gasteiger partial charge in [0.1, 0.15) is 5.78 Å². The highest BCUT2D eigenvalue weighted by molar-refractivity contribution is 9.10. The number of hydrogen-bond acceptors (Lipinski definition) is 1. The molecule has 2 atom stereocenters. The predicted octanol–water partition coefficient (Wildman–Crippen LogP) is 4.70. The number of hydrogen-bond donors (Lipinski definition) is 0. The van der Waals surface area contributed by atoms with E-state index in [4.69, 9.17) is 0 Å². The Kier molecular flexibility index (Phi) is 4.38. The fourth-order valence-electron chi connectivity index (χ4n) is 2.94. The summed E-state index contributed by atoms with van der Waals surface area (Å²) < 4.78 is 1.15. The average molecular weight is 295 g/mol. The van der Waals surface area contributed by atoms with Gasteiger partial charge in [0.25, 0.3) is 0 Å². The van der Waals surface area contributed by atoms with E-state index in [-0.39, 0.29) is 5.92 Å². The molecule has 17 heavy (non-hydrogen) atoms. The highest BCUT2D eigenvalue weighted by Gasteiger charge is 2.29. The lowest BCUT2D eigenvalue weighted by atomic mass is 9.80. The molecule has 0 spiro atoms. The molecular weight excluding hydrogens is 276 g/mol. The molecule has 2 unspecified atom stereocenters. The molecule has 1 aromatic carbocycles. The normalized spacial score (nSPS) is 25.3. The molecule has 0 saturated heterocycles. The van der Waals surface area contributed by atoms with Gasteiger partial charge in [-0.25, -0.2) is 0 Å². The van der Waals surface area contributed by atoms with Crippen molar-refractivity contribution < 1.29 is 4.79 Å². The van der Waals surface area contributed by atoms with Crippen molar-refractivity contribution in [2.75, 3.05) is 0 Å². The second-order valence-electron chi connectivity index (χ2n) is 4.98. The maximum atomic E-state index is 11.8. The van der Waals surface area contributed by atoms with Crippen LogP contribution in [0, 0.1) is 5.92 Å². The van der Waals surface area contributed by atoms with Crippen LogP contribution in [0.5, 0.6) is 0 Å². The third-order valence-corrected chi connectivity index (χ3v) is 4.56. The van der Waals surface area contributed by atoms with E-state index in [9.17, 15) is 4.79 Å². The molecule has 0 heterocycles. The van der Waals surface area contributed by atoms with Crippen molar-refractivity contribution >= 4 is 21.7 Å². The van der Waals surface area contributed by atoms with Gasteiger partial charge in [0.2, 0.25) is 0 Å². The summed E-state index contributed by atoms with van der Waals surface area (Å²) in [4.78, 5) is 11.8. The summed E-state index contributed by atoms with van der Waals surface area (Å²) in [5, 5.41) is 0. The molecule has 0 amide bonds. The molecule has 2 heteroatoms. The molecule has 0 radical (unpaired) electrons. The summed E-state index contributed by atoms with van der Waals surface area (Å²) in [6.45, 7) is 1.75. The maximum Gasteiger partial charge on any atom is 0.133 e. The molecular formula is C15H19BrO. The molecule has 1 fully saturated rings. The molecule has 1 nitrogen and oxygen atoms in total. The molecule has 0 N–H and O–H groups in total. The lowest BCUT2D eigenvalue weighted by Crippen LogP contribution is -2.19. The van der Waals surface area contributed by atoms with Crippen molar-refractivity contribution in [2.24, 2.45) is 5.92 Å². The molecule has 1 aliphatic carbocycles. The SMILES string of the molecule is CC(=O)C1CCCCCC1c1ccccc1Br. The zero-order chi connectivity index (χ0) is 12.3. The zero-order valence-corrected chi connectivity index (χ0v) is 11.9. The van der Waals surface area contributed by atoms with Gasteiger partial charge in [-0.1, -0.05) is 53.4 Å². The van der Waals surface area contributed by atoms with Gasteiger partial charge in [0.05, 0.1) is 0 Å². The quantitative estimate of drug-likeness (QED) is 0.723. The number of carbonyl (C=O) groups excluding carboxylic acids is 1. The van der Waals surface area contributed by atoms with Gasteiger partial charge in [0.15, 0.2) is 0 Å². The van der Waals surface area contributed by atoms with E-state index >= 15 is 0 Å². The van der Waals surface area contributed by atoms with E-state index in [1.807, 2.05) is 6.07 Å². The molecule has 0 bridgehead atoms. The first-order valence-electron chi connectivity index (χ1n) is 6.45. The topological polar surface area (TPSA) is 17.1 Å². The van der Waals surface area contributed by atoms with Gasteiger partial charge in [-0.3, -0.25) is 4.79 Å². The summed E-state index contributed by atoms with van der Waals surface area (Å²) in [5.74, 6) is 0.981. The monoisotopic (exact) mass is 294 g/mol. The summed E-state index contributed by atoms with van der Waals surface area (Å²) in [5.41, 5.74) is 1.31. The van der Waals surface area contributed by atoms with Crippen LogP contribution in [0.1, 0.15) is 50.5 Å². The van der Waals surface area contributed by atoms with E-state index in [2.05, 4.69) is 34.1 Å². The summed E-state index contributed by atoms with van der Waals surface area (Å²) >= 11 is 3.62. The van der Waals surface area contributed by atoms with Crippen molar-refractivity contribution in [2.45, 2.75) is 44.9 Å². The summed E-state index contributed by atoms with van der Waals surface area (Å²) in [6.07, 6.45) is 5.92. The molecule has 1 aliphatic rings. The van der Waals surface area contributed by atoms with Gasteiger partial charge in [0, 0.05) is 10.4 Å². The predicted molar refractivity (Wildman–Crippen MR) is 74.1 cm³/mol. The van der Waals surface area contributed by atoms with E-state index in [0.717, 1.165) is 17.3 Å². The van der Waals surface area contributed by atoms with Gasteiger partial charge in [-0.2, -0.15) is 0 Å². The van der Waals surface area contributed by atoms with Crippen LogP contribution in [0.4, 0.5) is 0 Å². The molecule has 1 saturated carbocycles. The molecule has 92 valence electrons. The van der Waals surface area contributed by atoms with Gasteiger partial charge >= 0.3 is 0 Å². The average Bonchev–Trinajstić information content (AvgIpc) is 2.55. The third-order valence-electron chi connectivity index (χ3n) is 3.84. The van der Waals surface area contributed by atoms with Crippen LogP contribution in [0.15, 0.2) is 28.7 Å². The molecule has 2 rings (SSSR count). The maximum absolute atomic E-state index is 11.8. The Morgan fingerprint density at radius 3 is 2.59 bits per heavy atom. The standard InChI is InChI=1S/C15H19BrO/c1-11(17)12-7-3-2-4-8-13(12)14-9-5-6-10-15(14)16/h5-6,9-10,12-13H,2-4,7-8H2,1H3. The minimum Gasteiger partial charge on any atom is -0.300 e. The number of carbonyl (C=O) groups is 1. The second kappa shape index (κ2) is 5.81. The number of Topliss-reactive ketones (excluding diaryl/α,β-unsaturated/α-hetero) is 1. The largest absolute Gasteiger partial charge is 0.300 e. The Hall–Kier alpha value is -0.630. The number of halogens is 1. The minimum absolute atomic E-state index is 0.219. The van der Waals surface area contributed by atoms with Crippen LogP contribution < -0.4 is 0 Å². The van der Waals surface area contributed by atoms with Crippen molar-refractivity contribution in [3.8, 4) is 0 Å². The first kappa shape index (κ1) is 12.8. The van der Waals surface area contributed by atoms with Crippen LogP contribution in [0.25, 0.3) is 0 Å². The van der Waals surface area contributed by atoms with Crippen molar-refractivity contribution in [1.29, 1.82) is 0 Å². The Balaban J connectivity index is 2.32. The number of benzene rings is 1. The zero-order valence-electron chi connectivity index (χ0n) is 10.3. The highest BCUT2D eigenvalue weighted by Crippen LogP contribution is 2.39. The van der Waals surface area contributed by atoms with Crippen LogP contribution >= 0.6 is 15.9 Å². The summed E-state index contributed by atoms with van der Waals surface area (Å²) in [7, 11) is 0. The van der Waals surface area contributed by atoms with Crippen LogP contribution in [0.2, 0.25) is 0 Å². The van der Waals surface area contributed by atoms with Crippen LogP contribution in [0.3, 0.4) is 0 Å². The molecule has 1 aromatic rings. The number of ketones is 1. The van der Waals surface area contributed by atoms with E-state index in [1.165, 1.54) is 24.8 Å². The first-order valence-corrected chi connectivity index (χ1v) is 7.24. The van der Waals surface area contributed by atoms with E-state index in [0.29, 0.717) is 11.7 Å². The Bertz CT molecular complexity index is 400. The number of rotatable bonds is 2. The lowest BCUT2D eigenvalue weighted by molar-refractivity contribution is -0.121. The molecule has 0 aliphatic heterocycles. The van der Waals surface area contributed by atoms with E-state index in [1.54, 1.807) is 6.92 Å². The van der Waals surface area contributed by atoms with Gasteiger partial charge in [-0.15, -0.1) is 0 Å². The van der Waals surface area contributed by atoms with Gasteiger partial charge in [-0.05, 0) is 37.3 Å². The van der Waals surface area contributed by atoms with Gasteiger partial charge < -0.3 is 0 Å². The van der Waals surface area contributed by atoms with E-state index < -0.39 is 0 Å². The van der Waals surface area contributed by atoms with Crippen molar-refractivity contribution in [1.82, 2.24) is 0 Å². The molecule has 0 aromatic heterocycles. The first-order chi connectivity index (χ1) is 8.20. The third kappa shape index (κ3) is 2.98. The van der Waals surface area contributed by atoms with Crippen LogP contribution in [-0.2, 0) is 4.79 Å². The smallest absolute Gasteiger partial charge is 0.133 e. The second-order valence-corrected chi connectivity index (χ2v) is 5.84. The Labute approximate surface area is 112 Å². The summed E-state index contributed by atoms with van der Waals surface area (Å²) in [6, 6.07) is 8.35. The highest BCUT2D eigenvalue weighted by atomic mass is 79.9. The lowest BCUT2D eigenvalue weighted by Gasteiger charge is -2.24. The van der Waals surface area contributed by atoms with Crippen molar-refractivity contribution in [3.63, 3.8) is 0 Å². The Morgan fingerprint density at radius 1 is 1.18 bits per heavy atom. The fraction of sp³-hybridized carbons (Fsp3) is 0.533. The minimum atomic E-state index is 0.219. The fourth-order valence-corrected chi connectivity index (χ4v) is 3.52. The van der Waals surface area contributed by atoms with Crippen molar-refractivity contribution in [3.05, 3.63) is 34.3 Å². The van der Waals surface area contributed by atoms with Crippen LogP contribution in [-0.4, -0.2) is 5.78 Å².